The molecule has 0 aromatic heterocycles. The highest BCUT2D eigenvalue weighted by atomic mass is 16.6. The third-order valence-electron chi connectivity index (χ3n) is 4.74. The monoisotopic (exact) mass is 316 g/mol. The standard InChI is InChI=1S/C15H12N2O6/c18-13-12-11(14(19)20)10-4-5-15(12,23-10)7-16(13)8-2-1-3-9(6-8)17(21)22/h1-6,10-12H,7H2,(H,19,20)/t10-,11-,12+,15+/m0/s1. The molecule has 23 heavy (non-hydrogen) atoms. The van der Waals surface area contributed by atoms with E-state index in [1.807, 2.05) is 0 Å². The fourth-order valence-electron chi connectivity index (χ4n) is 3.77. The van der Waals surface area contributed by atoms with Crippen LogP contribution < -0.4 is 4.90 Å². The predicted molar refractivity (Wildman–Crippen MR) is 76.8 cm³/mol. The van der Waals surface area contributed by atoms with Gasteiger partial charge in [-0.3, -0.25) is 19.7 Å². The second kappa shape index (κ2) is 4.39. The molecule has 3 heterocycles. The summed E-state index contributed by atoms with van der Waals surface area (Å²) < 4.78 is 5.77. The van der Waals surface area contributed by atoms with Gasteiger partial charge in [0, 0.05) is 12.1 Å². The number of ether oxygens (including phenoxy) is 1. The molecule has 1 aromatic rings. The Morgan fingerprint density at radius 3 is 2.96 bits per heavy atom. The molecule has 3 aliphatic rings. The number of nitro benzene ring substituents is 1. The number of anilines is 1. The van der Waals surface area contributed by atoms with E-state index in [0.717, 1.165) is 0 Å². The maximum atomic E-state index is 12.7. The SMILES string of the molecule is O=C(O)[C@H]1[C@@H]2C=C[C@]3(CN(c4cccc([N+](=O)[O-])c4)C(=O)[C@@H]13)O2. The molecule has 0 unspecified atom stereocenters. The second-order valence-corrected chi connectivity index (χ2v) is 5.94. The Kier molecular flexibility index (Phi) is 2.65. The largest absolute Gasteiger partial charge is 0.481 e. The molecule has 1 aromatic carbocycles. The molecule has 1 spiro atoms. The first kappa shape index (κ1) is 13.9. The maximum Gasteiger partial charge on any atom is 0.310 e. The number of carboxylic acid groups (broad SMARTS) is 1. The van der Waals surface area contributed by atoms with Crippen LogP contribution in [0.5, 0.6) is 0 Å². The van der Waals surface area contributed by atoms with Gasteiger partial charge in [-0.25, -0.2) is 0 Å². The highest BCUT2D eigenvalue weighted by Gasteiger charge is 2.67. The van der Waals surface area contributed by atoms with E-state index in [1.54, 1.807) is 18.2 Å². The number of aliphatic carboxylic acids is 1. The summed E-state index contributed by atoms with van der Waals surface area (Å²) in [4.78, 5) is 36.0. The van der Waals surface area contributed by atoms with Gasteiger partial charge in [0.25, 0.3) is 5.69 Å². The summed E-state index contributed by atoms with van der Waals surface area (Å²) in [6, 6.07) is 5.73. The third kappa shape index (κ3) is 1.75. The zero-order valence-electron chi connectivity index (χ0n) is 11.8. The molecule has 1 N–H and O–H groups in total. The van der Waals surface area contributed by atoms with Crippen LogP contribution in [0.3, 0.4) is 0 Å². The number of rotatable bonds is 3. The number of fused-ring (bicyclic) bond motifs is 1. The highest BCUT2D eigenvalue weighted by molar-refractivity contribution is 6.02. The minimum atomic E-state index is -1.07. The van der Waals surface area contributed by atoms with Gasteiger partial charge in [-0.05, 0) is 6.07 Å². The van der Waals surface area contributed by atoms with Gasteiger partial charge in [0.1, 0.15) is 11.5 Å². The molecule has 8 nitrogen and oxygen atoms in total. The topological polar surface area (TPSA) is 110 Å². The van der Waals surface area contributed by atoms with Crippen LogP contribution in [0.1, 0.15) is 0 Å². The van der Waals surface area contributed by atoms with Gasteiger partial charge in [0.15, 0.2) is 0 Å². The van der Waals surface area contributed by atoms with Crippen molar-refractivity contribution in [3.05, 3.63) is 46.5 Å². The number of hydrogen-bond donors (Lipinski definition) is 1. The van der Waals surface area contributed by atoms with Crippen molar-refractivity contribution in [3.63, 3.8) is 0 Å². The predicted octanol–water partition coefficient (Wildman–Crippen LogP) is 0.966. The lowest BCUT2D eigenvalue weighted by molar-refractivity contribution is -0.384. The van der Waals surface area contributed by atoms with Crippen LogP contribution in [0.4, 0.5) is 11.4 Å². The lowest BCUT2D eigenvalue weighted by Crippen LogP contribution is -2.39. The van der Waals surface area contributed by atoms with Gasteiger partial charge >= 0.3 is 5.97 Å². The molecule has 4 atom stereocenters. The lowest BCUT2D eigenvalue weighted by atomic mass is 9.77. The fraction of sp³-hybridized carbons (Fsp3) is 0.333. The van der Waals surface area contributed by atoms with Crippen molar-refractivity contribution in [1.82, 2.24) is 0 Å². The average molecular weight is 316 g/mol. The Morgan fingerprint density at radius 2 is 2.26 bits per heavy atom. The minimum Gasteiger partial charge on any atom is -0.481 e. The van der Waals surface area contributed by atoms with Crippen LogP contribution in [0, 0.1) is 22.0 Å². The number of hydrogen-bond acceptors (Lipinski definition) is 5. The molecular formula is C15H12N2O6. The average Bonchev–Trinajstić information content (AvgIpc) is 3.15. The van der Waals surface area contributed by atoms with Gasteiger partial charge in [-0.1, -0.05) is 18.2 Å². The van der Waals surface area contributed by atoms with E-state index < -0.39 is 34.4 Å². The van der Waals surface area contributed by atoms with Gasteiger partial charge < -0.3 is 14.7 Å². The summed E-state index contributed by atoms with van der Waals surface area (Å²) in [6.45, 7) is 0.161. The van der Waals surface area contributed by atoms with Crippen LogP contribution in [-0.4, -0.2) is 40.2 Å². The minimum absolute atomic E-state index is 0.125. The Morgan fingerprint density at radius 1 is 1.48 bits per heavy atom. The Labute approximate surface area is 130 Å². The van der Waals surface area contributed by atoms with Crippen molar-refractivity contribution >= 4 is 23.3 Å². The fourth-order valence-corrected chi connectivity index (χ4v) is 3.77. The van der Waals surface area contributed by atoms with E-state index >= 15 is 0 Å². The van der Waals surface area contributed by atoms with Crippen molar-refractivity contribution in [1.29, 1.82) is 0 Å². The van der Waals surface area contributed by atoms with Crippen molar-refractivity contribution in [2.24, 2.45) is 11.8 Å². The van der Waals surface area contributed by atoms with E-state index in [-0.39, 0.29) is 18.1 Å². The van der Waals surface area contributed by atoms with E-state index in [0.29, 0.717) is 5.69 Å². The van der Waals surface area contributed by atoms with Gasteiger partial charge in [-0.2, -0.15) is 0 Å². The summed E-state index contributed by atoms with van der Waals surface area (Å²) in [5, 5.41) is 20.3. The summed E-state index contributed by atoms with van der Waals surface area (Å²) in [7, 11) is 0. The normalized spacial score (nSPS) is 34.0. The van der Waals surface area contributed by atoms with Crippen LogP contribution in [0.15, 0.2) is 36.4 Å². The number of nitro groups is 1. The first-order chi connectivity index (χ1) is 10.9. The smallest absolute Gasteiger partial charge is 0.310 e. The lowest BCUT2D eigenvalue weighted by Gasteiger charge is -2.21. The molecule has 2 fully saturated rings. The number of benzene rings is 1. The number of carbonyl (C=O) groups is 2. The Bertz CT molecular complexity index is 775. The van der Waals surface area contributed by atoms with Crippen LogP contribution >= 0.6 is 0 Å². The zero-order chi connectivity index (χ0) is 16.4. The number of carboxylic acids is 1. The van der Waals surface area contributed by atoms with Crippen LogP contribution in [0.2, 0.25) is 0 Å². The maximum absolute atomic E-state index is 12.7. The van der Waals surface area contributed by atoms with E-state index in [2.05, 4.69) is 0 Å². The Hall–Kier alpha value is -2.74. The van der Waals surface area contributed by atoms with E-state index in [9.17, 15) is 24.8 Å². The van der Waals surface area contributed by atoms with Crippen molar-refractivity contribution < 1.29 is 24.4 Å². The van der Waals surface area contributed by atoms with Gasteiger partial charge in [0.2, 0.25) is 5.91 Å². The number of amides is 1. The van der Waals surface area contributed by atoms with E-state index in [4.69, 9.17) is 4.74 Å². The van der Waals surface area contributed by atoms with E-state index in [1.165, 1.54) is 23.1 Å². The molecule has 118 valence electrons. The van der Waals surface area contributed by atoms with Crippen molar-refractivity contribution in [2.45, 2.75) is 11.7 Å². The number of carbonyl (C=O) groups excluding carboxylic acids is 1. The van der Waals surface area contributed by atoms with Gasteiger partial charge in [-0.15, -0.1) is 0 Å². The first-order valence-electron chi connectivity index (χ1n) is 7.09. The molecule has 2 bridgehead atoms. The number of non-ortho nitro benzene ring substituents is 1. The highest BCUT2D eigenvalue weighted by Crippen LogP contribution is 2.52. The Balaban J connectivity index is 1.73. The molecular weight excluding hydrogens is 304 g/mol. The van der Waals surface area contributed by atoms with Crippen LogP contribution in [-0.2, 0) is 14.3 Å². The summed E-state index contributed by atoms with van der Waals surface area (Å²) >= 11 is 0. The molecule has 0 aliphatic carbocycles. The molecule has 4 rings (SSSR count). The molecule has 8 heteroatoms. The summed E-state index contributed by atoms with van der Waals surface area (Å²) in [6.07, 6.45) is 2.84. The summed E-state index contributed by atoms with van der Waals surface area (Å²) in [5.74, 6) is -3.16. The zero-order valence-corrected chi connectivity index (χ0v) is 11.8. The molecule has 1 amide bonds. The van der Waals surface area contributed by atoms with Crippen molar-refractivity contribution in [3.8, 4) is 0 Å². The molecule has 0 saturated carbocycles. The second-order valence-electron chi connectivity index (χ2n) is 5.94. The summed E-state index contributed by atoms with van der Waals surface area (Å²) in [5.41, 5.74) is -0.701. The first-order valence-corrected chi connectivity index (χ1v) is 7.09. The molecule has 2 saturated heterocycles. The van der Waals surface area contributed by atoms with Crippen LogP contribution in [0.25, 0.3) is 0 Å². The number of nitrogens with zero attached hydrogens (tertiary/aromatic N) is 2. The third-order valence-corrected chi connectivity index (χ3v) is 4.74. The molecule has 0 radical (unpaired) electrons. The van der Waals surface area contributed by atoms with Gasteiger partial charge in [0.05, 0.1) is 29.2 Å². The quantitative estimate of drug-likeness (QED) is 0.505. The van der Waals surface area contributed by atoms with Crippen molar-refractivity contribution in [2.75, 3.05) is 11.4 Å². The molecule has 3 aliphatic heterocycles.